The average molecular weight is 284 g/mol. The zero-order valence-electron chi connectivity index (χ0n) is 9.62. The van der Waals surface area contributed by atoms with E-state index < -0.39 is 10.0 Å². The second-order valence-corrected chi connectivity index (χ2v) is 6.41. The van der Waals surface area contributed by atoms with Crippen molar-refractivity contribution in [3.8, 4) is 5.75 Å². The van der Waals surface area contributed by atoms with Gasteiger partial charge in [0.25, 0.3) is 0 Å². The van der Waals surface area contributed by atoms with E-state index in [0.29, 0.717) is 5.01 Å². The number of hydrogen-bond donors (Lipinski definition) is 2. The quantitative estimate of drug-likeness (QED) is 0.894. The maximum absolute atomic E-state index is 11.9. The highest BCUT2D eigenvalue weighted by Crippen LogP contribution is 2.16. The molecule has 0 radical (unpaired) electrons. The number of hydrogen-bond acceptors (Lipinski definition) is 5. The molecule has 2 aromatic rings. The molecule has 0 bridgehead atoms. The third-order valence-electron chi connectivity index (χ3n) is 2.21. The Balaban J connectivity index is 2.13. The minimum absolute atomic E-state index is 0.0378. The monoisotopic (exact) mass is 284 g/mol. The van der Waals surface area contributed by atoms with Crippen LogP contribution in [0.15, 0.2) is 34.5 Å². The summed E-state index contributed by atoms with van der Waals surface area (Å²) in [6.07, 6.45) is 0. The molecule has 0 saturated heterocycles. The molecule has 1 aromatic heterocycles. The first-order valence-corrected chi connectivity index (χ1v) is 7.53. The molecule has 0 amide bonds. The maximum atomic E-state index is 11.9. The Hall–Kier alpha value is -1.44. The van der Waals surface area contributed by atoms with Crippen LogP contribution in [-0.4, -0.2) is 18.5 Å². The number of rotatable bonds is 4. The van der Waals surface area contributed by atoms with Crippen LogP contribution in [0.4, 0.5) is 0 Å². The fourth-order valence-electron chi connectivity index (χ4n) is 1.37. The van der Waals surface area contributed by atoms with E-state index in [1.54, 1.807) is 0 Å². The Labute approximate surface area is 109 Å². The lowest BCUT2D eigenvalue weighted by atomic mass is 10.3. The summed E-state index contributed by atoms with van der Waals surface area (Å²) in [7, 11) is -3.62. The van der Waals surface area contributed by atoms with Crippen molar-refractivity contribution < 1.29 is 13.5 Å². The Bertz CT molecular complexity index is 650. The number of nitrogens with zero attached hydrogens (tertiary/aromatic N) is 1. The first-order valence-electron chi connectivity index (χ1n) is 5.17. The van der Waals surface area contributed by atoms with E-state index in [-0.39, 0.29) is 17.2 Å². The van der Waals surface area contributed by atoms with Gasteiger partial charge in [-0.05, 0) is 25.1 Å². The van der Waals surface area contributed by atoms with Gasteiger partial charge in [-0.2, -0.15) is 0 Å². The molecule has 18 heavy (non-hydrogen) atoms. The van der Waals surface area contributed by atoms with E-state index >= 15 is 0 Å². The highest BCUT2D eigenvalue weighted by atomic mass is 32.2. The fraction of sp³-hybridized carbons (Fsp3) is 0.182. The molecule has 0 aliphatic rings. The molecule has 2 N–H and O–H groups in total. The minimum atomic E-state index is -3.62. The molecular weight excluding hydrogens is 272 g/mol. The normalized spacial score (nSPS) is 11.6. The number of benzene rings is 1. The van der Waals surface area contributed by atoms with Crippen molar-refractivity contribution in [2.24, 2.45) is 0 Å². The second kappa shape index (κ2) is 5.05. The van der Waals surface area contributed by atoms with E-state index in [9.17, 15) is 13.5 Å². The molecule has 0 unspecified atom stereocenters. The van der Waals surface area contributed by atoms with Crippen molar-refractivity contribution in [1.29, 1.82) is 0 Å². The van der Waals surface area contributed by atoms with Gasteiger partial charge >= 0.3 is 0 Å². The van der Waals surface area contributed by atoms with Crippen LogP contribution >= 0.6 is 11.3 Å². The highest BCUT2D eigenvalue weighted by Gasteiger charge is 2.14. The summed E-state index contributed by atoms with van der Waals surface area (Å²) >= 11 is 1.40. The number of aryl methyl sites for hydroxylation is 1. The summed E-state index contributed by atoms with van der Waals surface area (Å²) in [5.74, 6) is -0.0806. The standard InChI is InChI=1S/C11H12N2O3S2/c1-8-7-17-11(13-8)6-12-18(15,16)10-4-2-3-9(14)5-10/h2-5,7,12,14H,6H2,1H3. The summed E-state index contributed by atoms with van der Waals surface area (Å²) < 4.78 is 26.3. The predicted molar refractivity (Wildman–Crippen MR) is 69.0 cm³/mol. The van der Waals surface area contributed by atoms with Crippen molar-refractivity contribution in [1.82, 2.24) is 9.71 Å². The fourth-order valence-corrected chi connectivity index (χ4v) is 3.20. The molecule has 1 aromatic carbocycles. The van der Waals surface area contributed by atoms with Crippen LogP contribution in [0.25, 0.3) is 0 Å². The summed E-state index contributed by atoms with van der Waals surface area (Å²) in [6.45, 7) is 2.00. The SMILES string of the molecule is Cc1csc(CNS(=O)(=O)c2cccc(O)c2)n1. The van der Waals surface area contributed by atoms with Crippen LogP contribution in [0.5, 0.6) is 5.75 Å². The van der Waals surface area contributed by atoms with Gasteiger partial charge in [0.15, 0.2) is 0 Å². The lowest BCUT2D eigenvalue weighted by Crippen LogP contribution is -2.23. The molecule has 0 spiro atoms. The van der Waals surface area contributed by atoms with Gasteiger partial charge in [-0.1, -0.05) is 6.07 Å². The highest BCUT2D eigenvalue weighted by molar-refractivity contribution is 7.89. The number of phenols is 1. The average Bonchev–Trinajstić information content (AvgIpc) is 2.73. The Kier molecular flexibility index (Phi) is 3.65. The van der Waals surface area contributed by atoms with E-state index in [2.05, 4.69) is 9.71 Å². The first-order chi connectivity index (χ1) is 8.47. The van der Waals surface area contributed by atoms with E-state index in [0.717, 1.165) is 5.69 Å². The zero-order valence-corrected chi connectivity index (χ0v) is 11.3. The smallest absolute Gasteiger partial charge is 0.241 e. The molecule has 0 fully saturated rings. The second-order valence-electron chi connectivity index (χ2n) is 3.70. The van der Waals surface area contributed by atoms with Gasteiger partial charge in [-0.3, -0.25) is 0 Å². The Morgan fingerprint density at radius 1 is 1.44 bits per heavy atom. The van der Waals surface area contributed by atoms with Crippen LogP contribution in [0.2, 0.25) is 0 Å². The summed E-state index contributed by atoms with van der Waals surface area (Å²) in [6, 6.07) is 5.53. The van der Waals surface area contributed by atoms with Gasteiger partial charge in [0.2, 0.25) is 10.0 Å². The van der Waals surface area contributed by atoms with Crippen LogP contribution in [0, 0.1) is 6.92 Å². The number of thiazole rings is 1. The molecular formula is C11H12N2O3S2. The number of aromatic hydroxyl groups is 1. The Morgan fingerprint density at radius 2 is 2.22 bits per heavy atom. The van der Waals surface area contributed by atoms with Gasteiger partial charge in [0.05, 0.1) is 11.4 Å². The number of nitrogens with one attached hydrogen (secondary N) is 1. The Morgan fingerprint density at radius 3 is 2.83 bits per heavy atom. The van der Waals surface area contributed by atoms with E-state index in [4.69, 9.17) is 0 Å². The van der Waals surface area contributed by atoms with Crippen LogP contribution in [0.3, 0.4) is 0 Å². The third kappa shape index (κ3) is 3.06. The van der Waals surface area contributed by atoms with Crippen molar-refractivity contribution in [3.05, 3.63) is 40.3 Å². The molecule has 5 nitrogen and oxygen atoms in total. The van der Waals surface area contributed by atoms with Crippen LogP contribution < -0.4 is 4.72 Å². The maximum Gasteiger partial charge on any atom is 0.241 e. The van der Waals surface area contributed by atoms with Crippen molar-refractivity contribution >= 4 is 21.4 Å². The number of sulfonamides is 1. The number of phenolic OH excluding ortho intramolecular Hbond substituents is 1. The topological polar surface area (TPSA) is 79.3 Å². The van der Waals surface area contributed by atoms with Crippen molar-refractivity contribution in [3.63, 3.8) is 0 Å². The summed E-state index contributed by atoms with van der Waals surface area (Å²) in [5.41, 5.74) is 0.867. The molecule has 96 valence electrons. The summed E-state index contributed by atoms with van der Waals surface area (Å²) in [5, 5.41) is 11.8. The lowest BCUT2D eigenvalue weighted by molar-refractivity contribution is 0.473. The molecule has 1 heterocycles. The van der Waals surface area contributed by atoms with Gasteiger partial charge in [0, 0.05) is 11.1 Å². The van der Waals surface area contributed by atoms with Crippen LogP contribution in [-0.2, 0) is 16.6 Å². The zero-order chi connectivity index (χ0) is 13.2. The van der Waals surface area contributed by atoms with Crippen molar-refractivity contribution in [2.75, 3.05) is 0 Å². The molecule has 0 atom stereocenters. The molecule has 2 rings (SSSR count). The predicted octanol–water partition coefficient (Wildman–Crippen LogP) is 1.64. The summed E-state index contributed by atoms with van der Waals surface area (Å²) in [4.78, 5) is 4.20. The minimum Gasteiger partial charge on any atom is -0.508 e. The lowest BCUT2D eigenvalue weighted by Gasteiger charge is -2.05. The largest absolute Gasteiger partial charge is 0.508 e. The number of aromatic nitrogens is 1. The molecule has 0 aliphatic heterocycles. The van der Waals surface area contributed by atoms with Crippen molar-refractivity contribution in [2.45, 2.75) is 18.4 Å². The molecule has 0 saturated carbocycles. The third-order valence-corrected chi connectivity index (χ3v) is 4.57. The van der Waals surface area contributed by atoms with E-state index in [1.165, 1.54) is 35.6 Å². The van der Waals surface area contributed by atoms with Crippen LogP contribution in [0.1, 0.15) is 10.7 Å². The van der Waals surface area contributed by atoms with Gasteiger partial charge in [-0.15, -0.1) is 11.3 Å². The van der Waals surface area contributed by atoms with Gasteiger partial charge < -0.3 is 5.11 Å². The van der Waals surface area contributed by atoms with Gasteiger partial charge in [0.1, 0.15) is 10.8 Å². The first kappa shape index (κ1) is 13.0. The molecule has 0 aliphatic carbocycles. The van der Waals surface area contributed by atoms with E-state index in [1.807, 2.05) is 12.3 Å². The van der Waals surface area contributed by atoms with Gasteiger partial charge in [-0.25, -0.2) is 18.1 Å². The molecule has 7 heteroatoms.